The molecule has 4 heterocycles. The third kappa shape index (κ3) is 4.25. The van der Waals surface area contributed by atoms with Crippen LogP contribution in [0.3, 0.4) is 0 Å². The van der Waals surface area contributed by atoms with Gasteiger partial charge in [0, 0.05) is 42.0 Å². The van der Waals surface area contributed by atoms with Crippen LogP contribution in [-0.4, -0.2) is 43.3 Å². The van der Waals surface area contributed by atoms with E-state index in [1.807, 2.05) is 48.3 Å². The van der Waals surface area contributed by atoms with Gasteiger partial charge in [-0.05, 0) is 49.7 Å². The SMILES string of the molecule is Cn1cncc1-c1cnc2cnc(CC(=O)c3cccc(CN4CCCC4)c3)cc2c1. The summed E-state index contributed by atoms with van der Waals surface area (Å²) < 4.78 is 1.96. The molecule has 0 atom stereocenters. The molecular weight excluding hydrogens is 386 g/mol. The number of benzene rings is 1. The second-order valence-electron chi connectivity index (χ2n) is 8.27. The fourth-order valence-electron chi connectivity index (χ4n) is 4.26. The highest BCUT2D eigenvalue weighted by atomic mass is 16.1. The summed E-state index contributed by atoms with van der Waals surface area (Å²) in [6, 6.07) is 12.1. The van der Waals surface area contributed by atoms with E-state index >= 15 is 0 Å². The van der Waals surface area contributed by atoms with Crippen molar-refractivity contribution in [3.63, 3.8) is 0 Å². The monoisotopic (exact) mass is 411 g/mol. The molecule has 0 spiro atoms. The lowest BCUT2D eigenvalue weighted by molar-refractivity contribution is 0.0992. The number of likely N-dealkylation sites (tertiary alicyclic amines) is 1. The maximum absolute atomic E-state index is 13.0. The second-order valence-corrected chi connectivity index (χ2v) is 8.27. The van der Waals surface area contributed by atoms with E-state index in [-0.39, 0.29) is 12.2 Å². The normalized spacial score (nSPS) is 14.4. The number of carbonyl (C=O) groups is 1. The van der Waals surface area contributed by atoms with E-state index in [2.05, 4.69) is 32.0 Å². The molecule has 156 valence electrons. The van der Waals surface area contributed by atoms with E-state index in [0.717, 1.165) is 53.1 Å². The summed E-state index contributed by atoms with van der Waals surface area (Å²) in [5.74, 6) is 0.0888. The van der Waals surface area contributed by atoms with Crippen molar-refractivity contribution in [1.29, 1.82) is 0 Å². The predicted octanol–water partition coefficient (Wildman–Crippen LogP) is 4.05. The summed E-state index contributed by atoms with van der Waals surface area (Å²) in [7, 11) is 1.96. The van der Waals surface area contributed by atoms with Crippen LogP contribution in [0, 0.1) is 0 Å². The van der Waals surface area contributed by atoms with Crippen LogP contribution in [0.25, 0.3) is 22.2 Å². The van der Waals surface area contributed by atoms with Crippen molar-refractivity contribution in [1.82, 2.24) is 24.4 Å². The lowest BCUT2D eigenvalue weighted by Gasteiger charge is -2.15. The van der Waals surface area contributed by atoms with Crippen molar-refractivity contribution in [3.8, 4) is 11.3 Å². The first-order chi connectivity index (χ1) is 15.2. The number of hydrogen-bond donors (Lipinski definition) is 0. The molecule has 0 unspecified atom stereocenters. The highest BCUT2D eigenvalue weighted by Crippen LogP contribution is 2.23. The third-order valence-corrected chi connectivity index (χ3v) is 5.93. The summed E-state index contributed by atoms with van der Waals surface area (Å²) in [6.07, 6.45) is 9.98. The van der Waals surface area contributed by atoms with Gasteiger partial charge in [0.2, 0.25) is 0 Å². The molecule has 6 nitrogen and oxygen atoms in total. The number of nitrogens with zero attached hydrogens (tertiary/aromatic N) is 5. The van der Waals surface area contributed by atoms with E-state index in [9.17, 15) is 4.79 Å². The van der Waals surface area contributed by atoms with Gasteiger partial charge in [-0.3, -0.25) is 19.7 Å². The molecule has 1 fully saturated rings. The zero-order valence-electron chi connectivity index (χ0n) is 17.7. The number of rotatable bonds is 6. The lowest BCUT2D eigenvalue weighted by Crippen LogP contribution is -2.18. The van der Waals surface area contributed by atoms with E-state index in [0.29, 0.717) is 0 Å². The Labute approximate surface area is 181 Å². The molecule has 1 aromatic carbocycles. The van der Waals surface area contributed by atoms with E-state index in [1.54, 1.807) is 12.5 Å². The number of aromatic nitrogens is 4. The molecule has 0 amide bonds. The quantitative estimate of drug-likeness (QED) is 0.448. The summed E-state index contributed by atoms with van der Waals surface area (Å²) >= 11 is 0. The predicted molar refractivity (Wildman–Crippen MR) is 121 cm³/mol. The van der Waals surface area contributed by atoms with Crippen LogP contribution in [-0.2, 0) is 20.0 Å². The first-order valence-corrected chi connectivity index (χ1v) is 10.7. The van der Waals surface area contributed by atoms with Crippen LogP contribution in [0.5, 0.6) is 0 Å². The van der Waals surface area contributed by atoms with Crippen LogP contribution in [0.15, 0.2) is 61.3 Å². The topological polar surface area (TPSA) is 63.9 Å². The first kappa shape index (κ1) is 19.6. The standard InChI is InChI=1S/C25H25N5O/c1-29-17-26-15-24(29)21-10-20-11-22(27-14-23(20)28-13-21)12-25(31)19-6-4-5-18(9-19)16-30-7-2-3-8-30/h4-6,9-11,13-15,17H,2-3,7-8,12,16H2,1H3. The fourth-order valence-corrected chi connectivity index (χ4v) is 4.26. The highest BCUT2D eigenvalue weighted by Gasteiger charge is 2.14. The van der Waals surface area contributed by atoms with Crippen LogP contribution >= 0.6 is 0 Å². The Hall–Kier alpha value is -3.38. The van der Waals surface area contributed by atoms with Crippen LogP contribution in [0.2, 0.25) is 0 Å². The summed E-state index contributed by atoms with van der Waals surface area (Å²) in [6.45, 7) is 3.21. The van der Waals surface area contributed by atoms with Crippen molar-refractivity contribution >= 4 is 16.7 Å². The Morgan fingerprint density at radius 1 is 1.03 bits per heavy atom. The van der Waals surface area contributed by atoms with Gasteiger partial charge in [-0.15, -0.1) is 0 Å². The Balaban J connectivity index is 1.36. The van der Waals surface area contributed by atoms with Gasteiger partial charge in [0.05, 0.1) is 36.4 Å². The van der Waals surface area contributed by atoms with Gasteiger partial charge in [0.25, 0.3) is 0 Å². The third-order valence-electron chi connectivity index (χ3n) is 5.93. The first-order valence-electron chi connectivity index (χ1n) is 10.7. The van der Waals surface area contributed by atoms with Gasteiger partial charge in [-0.2, -0.15) is 0 Å². The maximum Gasteiger partial charge on any atom is 0.168 e. The van der Waals surface area contributed by atoms with E-state index < -0.39 is 0 Å². The lowest BCUT2D eigenvalue weighted by atomic mass is 10.0. The Bertz CT molecular complexity index is 1240. The number of aryl methyl sites for hydroxylation is 1. The zero-order chi connectivity index (χ0) is 21.2. The van der Waals surface area contributed by atoms with Crippen LogP contribution in [0.1, 0.15) is 34.5 Å². The minimum atomic E-state index is 0.0888. The molecule has 0 N–H and O–H groups in total. The van der Waals surface area contributed by atoms with Crippen molar-refractivity contribution in [2.24, 2.45) is 7.05 Å². The Morgan fingerprint density at radius 3 is 2.71 bits per heavy atom. The largest absolute Gasteiger partial charge is 0.334 e. The molecule has 1 saturated heterocycles. The molecule has 0 aliphatic carbocycles. The van der Waals surface area contributed by atoms with Gasteiger partial charge in [0.15, 0.2) is 5.78 Å². The molecule has 31 heavy (non-hydrogen) atoms. The maximum atomic E-state index is 13.0. The highest BCUT2D eigenvalue weighted by molar-refractivity contribution is 5.97. The van der Waals surface area contributed by atoms with Gasteiger partial charge >= 0.3 is 0 Å². The van der Waals surface area contributed by atoms with Crippen molar-refractivity contribution in [3.05, 3.63) is 78.1 Å². The van der Waals surface area contributed by atoms with Crippen LogP contribution in [0.4, 0.5) is 0 Å². The molecule has 0 radical (unpaired) electrons. The minimum Gasteiger partial charge on any atom is -0.334 e. The van der Waals surface area contributed by atoms with Gasteiger partial charge in [-0.1, -0.05) is 18.2 Å². The van der Waals surface area contributed by atoms with Crippen LogP contribution < -0.4 is 0 Å². The van der Waals surface area contributed by atoms with E-state index in [1.165, 1.54) is 18.4 Å². The van der Waals surface area contributed by atoms with Crippen molar-refractivity contribution in [2.75, 3.05) is 13.1 Å². The van der Waals surface area contributed by atoms with Crippen molar-refractivity contribution < 1.29 is 4.79 Å². The number of imidazole rings is 1. The summed E-state index contributed by atoms with van der Waals surface area (Å²) in [5.41, 5.74) is 5.51. The Morgan fingerprint density at radius 2 is 1.90 bits per heavy atom. The Kier molecular flexibility index (Phi) is 5.30. The zero-order valence-corrected chi connectivity index (χ0v) is 17.7. The molecule has 1 aliphatic rings. The fraction of sp³-hybridized carbons (Fsp3) is 0.280. The number of ketones is 1. The van der Waals surface area contributed by atoms with Gasteiger partial charge < -0.3 is 4.57 Å². The number of carbonyl (C=O) groups excluding carboxylic acids is 1. The molecule has 3 aromatic heterocycles. The minimum absolute atomic E-state index is 0.0888. The average Bonchev–Trinajstić information content (AvgIpc) is 3.45. The number of Topliss-reactive ketones (excluding diaryl/α,β-unsaturated/α-hetero) is 1. The molecule has 6 heteroatoms. The summed E-state index contributed by atoms with van der Waals surface area (Å²) in [5, 5.41) is 0.972. The number of pyridine rings is 2. The average molecular weight is 412 g/mol. The summed E-state index contributed by atoms with van der Waals surface area (Å²) in [4.78, 5) is 28.6. The van der Waals surface area contributed by atoms with E-state index in [4.69, 9.17) is 0 Å². The molecule has 4 aromatic rings. The second kappa shape index (κ2) is 8.40. The molecule has 5 rings (SSSR count). The number of fused-ring (bicyclic) bond motifs is 1. The molecular formula is C25H25N5O. The molecule has 0 bridgehead atoms. The van der Waals surface area contributed by atoms with Crippen molar-refractivity contribution in [2.45, 2.75) is 25.8 Å². The smallest absolute Gasteiger partial charge is 0.168 e. The molecule has 1 aliphatic heterocycles. The number of hydrogen-bond acceptors (Lipinski definition) is 5. The molecule has 0 saturated carbocycles. The van der Waals surface area contributed by atoms with Gasteiger partial charge in [-0.25, -0.2) is 4.98 Å². The van der Waals surface area contributed by atoms with Gasteiger partial charge in [0.1, 0.15) is 0 Å².